The van der Waals surface area contributed by atoms with Crippen molar-refractivity contribution < 1.29 is 9.53 Å². The van der Waals surface area contributed by atoms with E-state index in [1.807, 2.05) is 25.2 Å². The molecule has 0 aliphatic carbocycles. The van der Waals surface area contributed by atoms with Crippen molar-refractivity contribution in [3.63, 3.8) is 0 Å². The first-order valence-corrected chi connectivity index (χ1v) is 8.37. The van der Waals surface area contributed by atoms with Gasteiger partial charge in [-0.15, -0.1) is 0 Å². The number of aromatic nitrogens is 2. The number of piperidine rings is 1. The van der Waals surface area contributed by atoms with Crippen molar-refractivity contribution in [2.75, 3.05) is 31.1 Å². The Hall–Kier alpha value is -2.50. The maximum absolute atomic E-state index is 12.3. The number of aryl methyl sites for hydroxylation is 1. The smallest absolute Gasteiger partial charge is 0.225 e. The number of para-hydroxylation sites is 2. The summed E-state index contributed by atoms with van der Waals surface area (Å²) in [6.07, 6.45) is 3.29. The van der Waals surface area contributed by atoms with Gasteiger partial charge in [-0.25, -0.2) is 4.98 Å². The molecule has 1 atom stereocenters. The van der Waals surface area contributed by atoms with E-state index in [-0.39, 0.29) is 11.8 Å². The summed E-state index contributed by atoms with van der Waals surface area (Å²) in [5, 5.41) is 2.93. The van der Waals surface area contributed by atoms with Crippen LogP contribution < -0.4 is 10.2 Å². The van der Waals surface area contributed by atoms with Crippen LogP contribution in [0.2, 0.25) is 0 Å². The first kappa shape index (κ1) is 16.4. The van der Waals surface area contributed by atoms with Crippen LogP contribution in [0.15, 0.2) is 37.1 Å². The number of ether oxygens (including phenoxy) is 1. The quantitative estimate of drug-likeness (QED) is 0.651. The van der Waals surface area contributed by atoms with Crippen molar-refractivity contribution in [3.05, 3.63) is 37.1 Å². The Bertz CT molecular complexity index is 725. The zero-order valence-corrected chi connectivity index (χ0v) is 14.1. The van der Waals surface area contributed by atoms with Crippen molar-refractivity contribution in [1.82, 2.24) is 14.9 Å². The molecule has 1 aromatic heterocycles. The number of anilines is 1. The van der Waals surface area contributed by atoms with Crippen LogP contribution in [0.25, 0.3) is 11.0 Å². The van der Waals surface area contributed by atoms with E-state index in [0.717, 1.165) is 36.4 Å². The Morgan fingerprint density at radius 1 is 1.50 bits per heavy atom. The minimum absolute atomic E-state index is 0.0118. The molecule has 2 aromatic rings. The van der Waals surface area contributed by atoms with Gasteiger partial charge in [0.05, 0.1) is 29.8 Å². The van der Waals surface area contributed by atoms with Gasteiger partial charge >= 0.3 is 0 Å². The molecule has 6 nitrogen and oxygen atoms in total. The van der Waals surface area contributed by atoms with Crippen LogP contribution in [0, 0.1) is 5.92 Å². The zero-order chi connectivity index (χ0) is 16.9. The molecule has 1 saturated heterocycles. The van der Waals surface area contributed by atoms with Gasteiger partial charge in [0.25, 0.3) is 0 Å². The number of nitrogens with zero attached hydrogens (tertiary/aromatic N) is 3. The molecule has 24 heavy (non-hydrogen) atoms. The number of benzene rings is 1. The maximum Gasteiger partial charge on any atom is 0.225 e. The highest BCUT2D eigenvalue weighted by molar-refractivity contribution is 5.81. The summed E-state index contributed by atoms with van der Waals surface area (Å²) < 4.78 is 7.14. The number of fused-ring (bicyclic) bond motifs is 1. The van der Waals surface area contributed by atoms with Gasteiger partial charge in [0.15, 0.2) is 0 Å². The Morgan fingerprint density at radius 2 is 2.33 bits per heavy atom. The van der Waals surface area contributed by atoms with Gasteiger partial charge in [0, 0.05) is 20.1 Å². The van der Waals surface area contributed by atoms with Gasteiger partial charge in [0.2, 0.25) is 11.9 Å². The number of carbonyl (C=O) groups excluding carboxylic acids is 1. The van der Waals surface area contributed by atoms with E-state index in [2.05, 4.69) is 27.4 Å². The zero-order valence-electron chi connectivity index (χ0n) is 14.1. The molecule has 1 N–H and O–H groups in total. The lowest BCUT2D eigenvalue weighted by atomic mass is 9.97. The van der Waals surface area contributed by atoms with Crippen LogP contribution in [0.3, 0.4) is 0 Å². The monoisotopic (exact) mass is 328 g/mol. The van der Waals surface area contributed by atoms with Gasteiger partial charge < -0.3 is 19.5 Å². The summed E-state index contributed by atoms with van der Waals surface area (Å²) in [7, 11) is 2.03. The first-order chi connectivity index (χ1) is 11.7. The van der Waals surface area contributed by atoms with E-state index < -0.39 is 0 Å². The SMILES string of the molecule is C=COCCNC(=O)[C@@H]1CCCN(c2nc3ccccc3n2C)C1. The van der Waals surface area contributed by atoms with Crippen LogP contribution in [0.5, 0.6) is 0 Å². The molecule has 6 heteroatoms. The second-order valence-electron chi connectivity index (χ2n) is 6.07. The van der Waals surface area contributed by atoms with Gasteiger partial charge in [-0.05, 0) is 25.0 Å². The summed E-state index contributed by atoms with van der Waals surface area (Å²) in [6.45, 7) is 6.08. The number of hydrogen-bond donors (Lipinski definition) is 1. The number of nitrogens with one attached hydrogen (secondary N) is 1. The normalized spacial score (nSPS) is 17.7. The predicted octanol–water partition coefficient (Wildman–Crippen LogP) is 2.07. The maximum atomic E-state index is 12.3. The third kappa shape index (κ3) is 3.37. The van der Waals surface area contributed by atoms with E-state index in [1.54, 1.807) is 0 Å². The molecule has 0 saturated carbocycles. The molecule has 1 amide bonds. The van der Waals surface area contributed by atoms with Gasteiger partial charge in [-0.3, -0.25) is 4.79 Å². The van der Waals surface area contributed by atoms with Crippen molar-refractivity contribution in [2.45, 2.75) is 12.8 Å². The summed E-state index contributed by atoms with van der Waals surface area (Å²) in [5.74, 6) is 1.01. The lowest BCUT2D eigenvalue weighted by molar-refractivity contribution is -0.125. The van der Waals surface area contributed by atoms with Crippen LogP contribution in [0.4, 0.5) is 5.95 Å². The lowest BCUT2D eigenvalue weighted by Gasteiger charge is -2.32. The molecule has 1 fully saturated rings. The summed E-state index contributed by atoms with van der Waals surface area (Å²) >= 11 is 0. The van der Waals surface area contributed by atoms with Crippen LogP contribution in [-0.2, 0) is 16.6 Å². The molecule has 2 heterocycles. The minimum Gasteiger partial charge on any atom is -0.500 e. The Kier molecular flexibility index (Phi) is 5.03. The summed E-state index contributed by atoms with van der Waals surface area (Å²) in [5.41, 5.74) is 2.10. The molecular formula is C18H24N4O2. The average molecular weight is 328 g/mol. The fourth-order valence-corrected chi connectivity index (χ4v) is 3.25. The number of hydrogen-bond acceptors (Lipinski definition) is 4. The topological polar surface area (TPSA) is 59.4 Å². The third-order valence-corrected chi connectivity index (χ3v) is 4.48. The summed E-state index contributed by atoms with van der Waals surface area (Å²) in [4.78, 5) is 19.3. The number of imidazole rings is 1. The van der Waals surface area contributed by atoms with E-state index >= 15 is 0 Å². The molecule has 1 aliphatic heterocycles. The Balaban J connectivity index is 1.67. The van der Waals surface area contributed by atoms with E-state index in [1.165, 1.54) is 6.26 Å². The van der Waals surface area contributed by atoms with Gasteiger partial charge in [0.1, 0.15) is 6.61 Å². The third-order valence-electron chi connectivity index (χ3n) is 4.48. The molecule has 0 unspecified atom stereocenters. The van der Waals surface area contributed by atoms with Crippen molar-refractivity contribution >= 4 is 22.9 Å². The highest BCUT2D eigenvalue weighted by atomic mass is 16.5. The van der Waals surface area contributed by atoms with E-state index in [9.17, 15) is 4.79 Å². The van der Waals surface area contributed by atoms with Crippen molar-refractivity contribution in [3.8, 4) is 0 Å². The highest BCUT2D eigenvalue weighted by Gasteiger charge is 2.27. The fourth-order valence-electron chi connectivity index (χ4n) is 3.25. The fraction of sp³-hybridized carbons (Fsp3) is 0.444. The van der Waals surface area contributed by atoms with Crippen LogP contribution in [-0.4, -0.2) is 41.7 Å². The lowest BCUT2D eigenvalue weighted by Crippen LogP contribution is -2.44. The number of amides is 1. The van der Waals surface area contributed by atoms with E-state index in [4.69, 9.17) is 9.72 Å². The van der Waals surface area contributed by atoms with Crippen LogP contribution >= 0.6 is 0 Å². The standard InChI is InChI=1S/C18H24N4O2/c1-3-24-12-10-19-17(23)14-7-6-11-22(13-14)18-20-15-8-4-5-9-16(15)21(18)2/h3-5,8-9,14H,1,6-7,10-13H2,2H3,(H,19,23)/t14-/m1/s1. The molecule has 1 aromatic carbocycles. The number of rotatable bonds is 6. The van der Waals surface area contributed by atoms with Gasteiger partial charge in [-0.1, -0.05) is 18.7 Å². The molecule has 128 valence electrons. The van der Waals surface area contributed by atoms with Gasteiger partial charge in [-0.2, -0.15) is 0 Å². The highest BCUT2D eigenvalue weighted by Crippen LogP contribution is 2.25. The van der Waals surface area contributed by atoms with Crippen LogP contribution in [0.1, 0.15) is 12.8 Å². The number of carbonyl (C=O) groups is 1. The largest absolute Gasteiger partial charge is 0.500 e. The molecule has 0 spiro atoms. The first-order valence-electron chi connectivity index (χ1n) is 8.37. The second-order valence-corrected chi connectivity index (χ2v) is 6.07. The molecule has 3 rings (SSSR count). The second kappa shape index (κ2) is 7.38. The summed E-state index contributed by atoms with van der Waals surface area (Å²) in [6, 6.07) is 8.11. The molecular weight excluding hydrogens is 304 g/mol. The van der Waals surface area contributed by atoms with Crippen molar-refractivity contribution in [2.24, 2.45) is 13.0 Å². The molecule has 0 bridgehead atoms. The minimum atomic E-state index is -0.0118. The molecule has 1 aliphatic rings. The molecule has 0 radical (unpaired) electrons. The average Bonchev–Trinajstić information content (AvgIpc) is 2.96. The Morgan fingerprint density at radius 3 is 3.12 bits per heavy atom. The Labute approximate surface area is 142 Å². The predicted molar refractivity (Wildman–Crippen MR) is 94.8 cm³/mol. The van der Waals surface area contributed by atoms with E-state index in [0.29, 0.717) is 19.7 Å². The van der Waals surface area contributed by atoms with Crippen molar-refractivity contribution in [1.29, 1.82) is 0 Å².